The zero-order valence-electron chi connectivity index (χ0n) is 6.36. The van der Waals surface area contributed by atoms with E-state index >= 15 is 0 Å². The molecule has 1 aromatic carbocycles. The molecule has 0 spiro atoms. The Bertz CT molecular complexity index is 294. The van der Waals surface area contributed by atoms with E-state index in [0.29, 0.717) is 18.8 Å². The van der Waals surface area contributed by atoms with Crippen LogP contribution in [0.2, 0.25) is 0 Å². The molecule has 11 heavy (non-hydrogen) atoms. The van der Waals surface area contributed by atoms with Gasteiger partial charge in [-0.3, -0.25) is 0 Å². The van der Waals surface area contributed by atoms with E-state index in [1.165, 1.54) is 0 Å². The monoisotopic (exact) mass is 152 g/mol. The van der Waals surface area contributed by atoms with E-state index in [2.05, 4.69) is 0 Å². The van der Waals surface area contributed by atoms with Gasteiger partial charge >= 0.3 is 0 Å². The van der Waals surface area contributed by atoms with Crippen molar-refractivity contribution in [2.75, 3.05) is 0 Å². The van der Waals surface area contributed by atoms with E-state index in [9.17, 15) is 4.39 Å². The molecule has 1 nitrogen and oxygen atoms in total. The highest BCUT2D eigenvalue weighted by Crippen LogP contribution is 2.24. The maximum Gasteiger partial charge on any atom is 0.131 e. The molecule has 0 saturated heterocycles. The van der Waals surface area contributed by atoms with Crippen LogP contribution in [0.3, 0.4) is 0 Å². The van der Waals surface area contributed by atoms with E-state index < -0.39 is 0 Å². The summed E-state index contributed by atoms with van der Waals surface area (Å²) in [4.78, 5) is 0. The van der Waals surface area contributed by atoms with Gasteiger partial charge in [0, 0.05) is 5.56 Å². The van der Waals surface area contributed by atoms with Crippen LogP contribution in [0.25, 0.3) is 0 Å². The van der Waals surface area contributed by atoms with Crippen LogP contribution in [-0.4, -0.2) is 0 Å². The van der Waals surface area contributed by atoms with E-state index in [-0.39, 0.29) is 5.82 Å². The molecule has 1 aliphatic rings. The number of aryl methyl sites for hydroxylation is 1. The van der Waals surface area contributed by atoms with Crippen molar-refractivity contribution in [1.29, 1.82) is 0 Å². The van der Waals surface area contributed by atoms with Crippen LogP contribution < -0.4 is 0 Å². The predicted molar refractivity (Wildman–Crippen MR) is 39.6 cm³/mol. The molecule has 1 aliphatic heterocycles. The Balaban J connectivity index is 2.62. The van der Waals surface area contributed by atoms with Crippen molar-refractivity contribution in [2.24, 2.45) is 0 Å². The predicted octanol–water partition coefficient (Wildman–Crippen LogP) is 2.16. The number of fused-ring (bicyclic) bond motifs is 1. The summed E-state index contributed by atoms with van der Waals surface area (Å²) in [6.45, 7) is 2.77. The standard InChI is InChI=1S/C9H9FO/c1-6-2-3-7-4-11-5-8(7)9(6)10/h2-3H,4-5H2,1H3. The van der Waals surface area contributed by atoms with E-state index in [1.807, 2.05) is 6.07 Å². The molecule has 0 N–H and O–H groups in total. The van der Waals surface area contributed by atoms with Gasteiger partial charge in [-0.25, -0.2) is 4.39 Å². The van der Waals surface area contributed by atoms with Gasteiger partial charge in [-0.1, -0.05) is 12.1 Å². The molecule has 58 valence electrons. The molecular weight excluding hydrogens is 143 g/mol. The van der Waals surface area contributed by atoms with E-state index in [4.69, 9.17) is 4.74 Å². The van der Waals surface area contributed by atoms with Crippen molar-refractivity contribution in [1.82, 2.24) is 0 Å². The number of benzene rings is 1. The van der Waals surface area contributed by atoms with Crippen molar-refractivity contribution in [3.05, 3.63) is 34.6 Å². The average Bonchev–Trinajstić information content (AvgIpc) is 2.45. The average molecular weight is 152 g/mol. The Morgan fingerprint density at radius 2 is 2.18 bits per heavy atom. The second kappa shape index (κ2) is 2.31. The third-order valence-corrected chi connectivity index (χ3v) is 2.04. The van der Waals surface area contributed by atoms with Crippen molar-refractivity contribution < 1.29 is 9.13 Å². The fourth-order valence-corrected chi connectivity index (χ4v) is 1.33. The molecule has 0 atom stereocenters. The first-order valence-corrected chi connectivity index (χ1v) is 3.63. The smallest absolute Gasteiger partial charge is 0.131 e. The Kier molecular flexibility index (Phi) is 1.43. The number of halogens is 1. The summed E-state index contributed by atoms with van der Waals surface area (Å²) in [5, 5.41) is 0. The molecule has 2 rings (SSSR count). The van der Waals surface area contributed by atoms with Gasteiger partial charge in [0.15, 0.2) is 0 Å². The number of hydrogen-bond donors (Lipinski definition) is 0. The van der Waals surface area contributed by atoms with Crippen molar-refractivity contribution in [3.63, 3.8) is 0 Å². The minimum atomic E-state index is -0.0972. The van der Waals surface area contributed by atoms with Gasteiger partial charge in [0.25, 0.3) is 0 Å². The van der Waals surface area contributed by atoms with E-state index in [1.54, 1.807) is 13.0 Å². The molecule has 0 aliphatic carbocycles. The summed E-state index contributed by atoms with van der Waals surface area (Å²) in [5.41, 5.74) is 2.44. The molecule has 2 heteroatoms. The lowest BCUT2D eigenvalue weighted by molar-refractivity contribution is 0.133. The van der Waals surface area contributed by atoms with Gasteiger partial charge in [0.1, 0.15) is 5.82 Å². The van der Waals surface area contributed by atoms with Crippen LogP contribution in [0.4, 0.5) is 4.39 Å². The maximum absolute atomic E-state index is 13.2. The highest BCUT2D eigenvalue weighted by molar-refractivity contribution is 5.34. The summed E-state index contributed by atoms with van der Waals surface area (Å²) < 4.78 is 18.3. The van der Waals surface area contributed by atoms with Crippen LogP contribution in [0.1, 0.15) is 16.7 Å². The highest BCUT2D eigenvalue weighted by Gasteiger charge is 2.16. The normalized spacial score (nSPS) is 15.1. The molecule has 0 radical (unpaired) electrons. The topological polar surface area (TPSA) is 9.23 Å². The zero-order chi connectivity index (χ0) is 7.84. The quantitative estimate of drug-likeness (QED) is 0.553. The van der Waals surface area contributed by atoms with Crippen LogP contribution >= 0.6 is 0 Å². The van der Waals surface area contributed by atoms with Gasteiger partial charge in [-0.2, -0.15) is 0 Å². The second-order valence-corrected chi connectivity index (χ2v) is 2.83. The fraction of sp³-hybridized carbons (Fsp3) is 0.333. The minimum absolute atomic E-state index is 0.0972. The molecule has 0 amide bonds. The molecule has 0 saturated carbocycles. The number of rotatable bonds is 0. The van der Waals surface area contributed by atoms with Crippen molar-refractivity contribution in [2.45, 2.75) is 20.1 Å². The Morgan fingerprint density at radius 1 is 1.36 bits per heavy atom. The number of hydrogen-bond acceptors (Lipinski definition) is 1. The lowest BCUT2D eigenvalue weighted by atomic mass is 10.1. The third-order valence-electron chi connectivity index (χ3n) is 2.04. The van der Waals surface area contributed by atoms with Crippen LogP contribution in [-0.2, 0) is 18.0 Å². The minimum Gasteiger partial charge on any atom is -0.372 e. The summed E-state index contributed by atoms with van der Waals surface area (Å²) in [6.07, 6.45) is 0. The lowest BCUT2D eigenvalue weighted by Crippen LogP contribution is -1.91. The first-order valence-electron chi connectivity index (χ1n) is 3.63. The van der Waals surface area contributed by atoms with Gasteiger partial charge in [-0.15, -0.1) is 0 Å². The summed E-state index contributed by atoms with van der Waals surface area (Å²) >= 11 is 0. The first-order chi connectivity index (χ1) is 5.29. The second-order valence-electron chi connectivity index (χ2n) is 2.83. The fourth-order valence-electron chi connectivity index (χ4n) is 1.33. The maximum atomic E-state index is 13.2. The molecule has 0 bridgehead atoms. The summed E-state index contributed by atoms with van der Waals surface area (Å²) in [7, 11) is 0. The van der Waals surface area contributed by atoms with Crippen LogP contribution in [0, 0.1) is 12.7 Å². The first kappa shape index (κ1) is 6.80. The molecule has 0 unspecified atom stereocenters. The largest absolute Gasteiger partial charge is 0.372 e. The Labute approximate surface area is 64.8 Å². The summed E-state index contributed by atoms with van der Waals surface area (Å²) in [6, 6.07) is 3.73. The molecular formula is C9H9FO. The SMILES string of the molecule is Cc1ccc2c(c1F)COC2. The van der Waals surface area contributed by atoms with Crippen molar-refractivity contribution in [3.8, 4) is 0 Å². The molecule has 1 heterocycles. The van der Waals surface area contributed by atoms with Gasteiger partial charge in [0.05, 0.1) is 13.2 Å². The van der Waals surface area contributed by atoms with E-state index in [0.717, 1.165) is 11.1 Å². The Hall–Kier alpha value is -0.890. The highest BCUT2D eigenvalue weighted by atomic mass is 19.1. The van der Waals surface area contributed by atoms with Gasteiger partial charge in [0.2, 0.25) is 0 Å². The zero-order valence-corrected chi connectivity index (χ0v) is 6.36. The Morgan fingerprint density at radius 3 is 3.00 bits per heavy atom. The molecule has 1 aromatic rings. The van der Waals surface area contributed by atoms with Crippen LogP contribution in [0.15, 0.2) is 12.1 Å². The lowest BCUT2D eigenvalue weighted by Gasteiger charge is -2.00. The van der Waals surface area contributed by atoms with Crippen LogP contribution in [0.5, 0.6) is 0 Å². The van der Waals surface area contributed by atoms with Gasteiger partial charge < -0.3 is 4.74 Å². The van der Waals surface area contributed by atoms with Gasteiger partial charge in [-0.05, 0) is 18.1 Å². The molecule has 0 fully saturated rings. The third kappa shape index (κ3) is 0.942. The summed E-state index contributed by atoms with van der Waals surface area (Å²) in [5.74, 6) is -0.0972. The van der Waals surface area contributed by atoms with Crippen molar-refractivity contribution >= 4 is 0 Å². The molecule has 0 aromatic heterocycles. The number of ether oxygens (including phenoxy) is 1.